The van der Waals surface area contributed by atoms with E-state index in [1.165, 1.54) is 0 Å². The molecule has 0 fully saturated rings. The fourth-order valence-corrected chi connectivity index (χ4v) is 8.99. The number of aliphatic hydroxyl groups is 1. The predicted octanol–water partition coefficient (Wildman–Crippen LogP) is 4.18. The average molecular weight is 940 g/mol. The minimum Gasteiger partial charge on any atom is -0.772 e. The van der Waals surface area contributed by atoms with E-state index in [0.717, 1.165) is 33.9 Å². The second kappa shape index (κ2) is 24.4. The van der Waals surface area contributed by atoms with Crippen LogP contribution in [-0.4, -0.2) is 116 Å². The molecule has 17 nitrogen and oxygen atoms in total. The number of carboxylic acid groups (broad SMARTS) is 2. The van der Waals surface area contributed by atoms with E-state index in [0.29, 0.717) is 49.9 Å². The van der Waals surface area contributed by atoms with Crippen LogP contribution in [-0.2, 0) is 69.9 Å². The van der Waals surface area contributed by atoms with Crippen LogP contribution < -0.4 is 15.5 Å². The molecule has 2 aromatic rings. The van der Waals surface area contributed by atoms with Gasteiger partial charge in [-0.05, 0) is 68.0 Å². The lowest BCUT2D eigenvalue weighted by molar-refractivity contribution is -0.438. The number of nitrogens with zero attached hydrogens (tertiary/aromatic N) is 2. The lowest BCUT2D eigenvalue weighted by atomic mass is 9.80. The highest BCUT2D eigenvalue weighted by atomic mass is 32.2. The minimum absolute atomic E-state index is 0.0456. The molecule has 65 heavy (non-hydrogen) atoms. The van der Waals surface area contributed by atoms with Gasteiger partial charge in [-0.15, -0.1) is 0 Å². The number of hydrogen-bond donors (Lipinski definition) is 6. The van der Waals surface area contributed by atoms with E-state index in [1.807, 2.05) is 72.9 Å². The SMILES string of the molecule is CC1(C)C(/C=C/C=C/C=C/C=C2\N(CCCCS(=O)[O-])c3ccc(CC(=O)NC(CCOO)C(=O)O)cc3C2(C)C)=[N+](CCCCS(=O)[O-])c2ccc(CC(=O)NC(O)CC(=O)O)cc21. The highest BCUT2D eigenvalue weighted by molar-refractivity contribution is 7.79. The van der Waals surface area contributed by atoms with Crippen molar-refractivity contribution in [3.8, 4) is 0 Å². The van der Waals surface area contributed by atoms with Crippen LogP contribution in [0.3, 0.4) is 0 Å². The van der Waals surface area contributed by atoms with E-state index < -0.39 is 75.4 Å². The summed E-state index contributed by atoms with van der Waals surface area (Å²) in [6.45, 7) is 9.08. The summed E-state index contributed by atoms with van der Waals surface area (Å²) in [5.74, 6) is -3.42. The molecule has 0 saturated carbocycles. The molecule has 0 saturated heterocycles. The summed E-state index contributed by atoms with van der Waals surface area (Å²) in [7, 11) is 0. The summed E-state index contributed by atoms with van der Waals surface area (Å²) in [5, 5.41) is 41.7. The molecule has 4 atom stereocenters. The molecule has 354 valence electrons. The van der Waals surface area contributed by atoms with Gasteiger partial charge in [0.15, 0.2) is 5.71 Å². The summed E-state index contributed by atoms with van der Waals surface area (Å²) < 4.78 is 47.1. The molecule has 0 aromatic heterocycles. The first-order valence-corrected chi connectivity index (χ1v) is 23.8. The molecule has 0 bridgehead atoms. The van der Waals surface area contributed by atoms with Gasteiger partial charge >= 0.3 is 11.9 Å². The van der Waals surface area contributed by atoms with Crippen LogP contribution in [0.25, 0.3) is 0 Å². The number of amides is 2. The largest absolute Gasteiger partial charge is 0.772 e. The molecule has 0 spiro atoms. The number of unbranched alkanes of at least 4 members (excludes halogenated alkanes) is 2. The molecule has 0 radical (unpaired) electrons. The number of hydrogen-bond acceptors (Lipinski definition) is 12. The van der Waals surface area contributed by atoms with Gasteiger partial charge in [-0.25, -0.2) is 9.68 Å². The summed E-state index contributed by atoms with van der Waals surface area (Å²) in [5.41, 5.74) is 5.95. The van der Waals surface area contributed by atoms with Crippen LogP contribution >= 0.6 is 0 Å². The molecule has 4 unspecified atom stereocenters. The van der Waals surface area contributed by atoms with Crippen molar-refractivity contribution < 1.29 is 66.7 Å². The lowest BCUT2D eigenvalue weighted by Crippen LogP contribution is -2.42. The van der Waals surface area contributed by atoms with Gasteiger partial charge in [0.1, 0.15) is 18.8 Å². The summed E-state index contributed by atoms with van der Waals surface area (Å²) in [6.07, 6.45) is 13.3. The van der Waals surface area contributed by atoms with Crippen molar-refractivity contribution in [3.63, 3.8) is 0 Å². The third kappa shape index (κ3) is 14.9. The van der Waals surface area contributed by atoms with Gasteiger partial charge in [0, 0.05) is 65.4 Å². The number of rotatable bonds is 26. The number of aliphatic hydroxyl groups excluding tert-OH is 1. The van der Waals surface area contributed by atoms with Gasteiger partial charge in [-0.2, -0.15) is 4.58 Å². The second-order valence-corrected chi connectivity index (χ2v) is 18.9. The van der Waals surface area contributed by atoms with Crippen LogP contribution in [0.4, 0.5) is 11.4 Å². The van der Waals surface area contributed by atoms with Crippen molar-refractivity contribution in [2.24, 2.45) is 0 Å². The Morgan fingerprint density at radius 3 is 2.05 bits per heavy atom. The smallest absolute Gasteiger partial charge is 0.326 e. The van der Waals surface area contributed by atoms with E-state index in [2.05, 4.69) is 52.7 Å². The van der Waals surface area contributed by atoms with Crippen LogP contribution in [0.2, 0.25) is 0 Å². The normalized spacial score (nSPS) is 17.7. The van der Waals surface area contributed by atoms with Crippen molar-refractivity contribution >= 4 is 63.0 Å². The zero-order valence-electron chi connectivity index (χ0n) is 37.0. The van der Waals surface area contributed by atoms with Crippen LogP contribution in [0.1, 0.15) is 88.5 Å². The first-order chi connectivity index (χ1) is 30.8. The Bertz CT molecular complexity index is 2270. The van der Waals surface area contributed by atoms with Crippen molar-refractivity contribution in [1.29, 1.82) is 0 Å². The zero-order chi connectivity index (χ0) is 47.9. The standard InChI is InChI=1S/C46H60N4O13S2/c1-45(2)33-26-31(28-40(51)47-35(44(56)57)20-23-63-58)16-18-36(33)49(21-10-12-24-64(59)60)38(45)14-8-6-5-7-9-15-39-46(3,4)34-27-32(29-41(52)48-42(53)30-43(54)55)17-19-37(34)50(39)22-11-13-25-65(61)62/h5-9,14-19,26-27,35,42,53H,10-13,20-25,28-30H2,1-4H3,(H6-,47,48,51,52,54,55,56,57,58,59,60,61,62)/p-1. The van der Waals surface area contributed by atoms with E-state index in [9.17, 15) is 46.9 Å². The monoisotopic (exact) mass is 939 g/mol. The fourth-order valence-electron chi connectivity index (χ4n) is 8.11. The van der Waals surface area contributed by atoms with Gasteiger partial charge in [0.2, 0.25) is 17.5 Å². The molecule has 0 aliphatic carbocycles. The van der Waals surface area contributed by atoms with Gasteiger partial charge < -0.3 is 40.0 Å². The maximum absolute atomic E-state index is 12.9. The molecular formula is C46H59N4O13S2-. The van der Waals surface area contributed by atoms with Crippen molar-refractivity contribution in [2.45, 2.75) is 102 Å². The Labute approximate surface area is 384 Å². The Morgan fingerprint density at radius 1 is 0.815 bits per heavy atom. The molecule has 19 heteroatoms. The predicted molar refractivity (Wildman–Crippen MR) is 244 cm³/mol. The van der Waals surface area contributed by atoms with E-state index >= 15 is 0 Å². The first-order valence-electron chi connectivity index (χ1n) is 21.3. The third-order valence-corrected chi connectivity index (χ3v) is 12.6. The molecule has 2 aromatic carbocycles. The fraction of sp³-hybridized carbons (Fsp3) is 0.457. The van der Waals surface area contributed by atoms with Gasteiger partial charge in [0.25, 0.3) is 0 Å². The number of benzene rings is 2. The van der Waals surface area contributed by atoms with E-state index in [1.54, 1.807) is 6.07 Å². The van der Waals surface area contributed by atoms with Gasteiger partial charge in [0.05, 0.1) is 31.3 Å². The topological polar surface area (TPSA) is 269 Å². The minimum atomic E-state index is -2.15. The molecule has 2 aliphatic heterocycles. The molecule has 2 aliphatic rings. The zero-order valence-corrected chi connectivity index (χ0v) is 38.7. The number of carbonyl (C=O) groups excluding carboxylic acids is 2. The molecule has 2 amide bonds. The van der Waals surface area contributed by atoms with Crippen LogP contribution in [0.5, 0.6) is 0 Å². The Balaban J connectivity index is 1.55. The maximum atomic E-state index is 12.9. The van der Waals surface area contributed by atoms with Crippen LogP contribution in [0, 0.1) is 0 Å². The summed E-state index contributed by atoms with van der Waals surface area (Å²) >= 11 is -4.30. The van der Waals surface area contributed by atoms with Crippen molar-refractivity contribution in [2.75, 3.05) is 36.1 Å². The Morgan fingerprint density at radius 2 is 1.42 bits per heavy atom. The number of carbonyl (C=O) groups is 4. The number of nitrogens with one attached hydrogen (secondary N) is 2. The molecule has 4 rings (SSSR count). The Hall–Kier alpha value is -5.15. The second-order valence-electron chi connectivity index (χ2n) is 16.9. The molecule has 6 N–H and O–H groups in total. The Kier molecular flexibility index (Phi) is 19.7. The summed E-state index contributed by atoms with van der Waals surface area (Å²) in [6, 6.07) is 10.1. The van der Waals surface area contributed by atoms with E-state index in [-0.39, 0.29) is 37.4 Å². The number of fused-ring (bicyclic) bond motifs is 2. The number of allylic oxidation sites excluding steroid dienone is 8. The highest BCUT2D eigenvalue weighted by Crippen LogP contribution is 2.48. The quantitative estimate of drug-likeness (QED) is 0.0147. The number of aliphatic carboxylic acids is 2. The molecular weight excluding hydrogens is 881 g/mol. The van der Waals surface area contributed by atoms with Gasteiger partial charge in [-0.1, -0.05) is 84.6 Å². The average Bonchev–Trinajstić information content (AvgIpc) is 3.55. The number of carboxylic acids is 2. The third-order valence-electron chi connectivity index (χ3n) is 11.3. The van der Waals surface area contributed by atoms with Crippen molar-refractivity contribution in [3.05, 3.63) is 107 Å². The molecule has 2 heterocycles. The maximum Gasteiger partial charge on any atom is 0.326 e. The van der Waals surface area contributed by atoms with Crippen molar-refractivity contribution in [1.82, 2.24) is 10.6 Å². The van der Waals surface area contributed by atoms with Crippen LogP contribution in [0.15, 0.2) is 84.6 Å². The number of anilines is 1. The summed E-state index contributed by atoms with van der Waals surface area (Å²) in [4.78, 5) is 54.2. The van der Waals surface area contributed by atoms with Gasteiger partial charge in [-0.3, -0.25) is 28.1 Å². The van der Waals surface area contributed by atoms with E-state index in [4.69, 9.17) is 10.4 Å². The highest BCUT2D eigenvalue weighted by Gasteiger charge is 2.44. The lowest BCUT2D eigenvalue weighted by Gasteiger charge is -2.27. The first kappa shape index (κ1) is 52.5.